The molecule has 0 unspecified atom stereocenters. The van der Waals surface area contributed by atoms with Gasteiger partial charge in [-0.1, -0.05) is 48.5 Å². The lowest BCUT2D eigenvalue weighted by atomic mass is 10.2. The minimum absolute atomic E-state index is 0.0155. The lowest BCUT2D eigenvalue weighted by Gasteiger charge is -2.16. The predicted octanol–water partition coefficient (Wildman–Crippen LogP) is 3.54. The number of hydrogen-bond acceptors (Lipinski definition) is 3. The van der Waals surface area contributed by atoms with Gasteiger partial charge < -0.3 is 9.32 Å². The molecule has 3 aromatic rings. The van der Waals surface area contributed by atoms with Gasteiger partial charge in [0.2, 0.25) is 11.8 Å². The van der Waals surface area contributed by atoms with E-state index in [9.17, 15) is 4.79 Å². The fraction of sp³-hybridized carbons (Fsp3) is 0.158. The number of likely N-dealkylation sites (N-methyl/N-ethyl adjacent to an activating group) is 1. The summed E-state index contributed by atoms with van der Waals surface area (Å²) < 4.78 is 5.47. The van der Waals surface area contributed by atoms with E-state index in [2.05, 4.69) is 4.98 Å². The number of amides is 1. The molecule has 23 heavy (non-hydrogen) atoms. The zero-order valence-corrected chi connectivity index (χ0v) is 13.0. The maximum atomic E-state index is 12.3. The summed E-state index contributed by atoms with van der Waals surface area (Å²) in [6.07, 6.45) is 1.79. The van der Waals surface area contributed by atoms with Crippen LogP contribution in [0.5, 0.6) is 0 Å². The maximum absolute atomic E-state index is 12.3. The van der Waals surface area contributed by atoms with E-state index in [-0.39, 0.29) is 12.3 Å². The smallest absolute Gasteiger partial charge is 0.228 e. The monoisotopic (exact) mass is 306 g/mol. The lowest BCUT2D eigenvalue weighted by Crippen LogP contribution is -2.27. The summed E-state index contributed by atoms with van der Waals surface area (Å²) in [5.41, 5.74) is 2.66. The maximum Gasteiger partial charge on any atom is 0.228 e. The third kappa shape index (κ3) is 3.86. The zero-order valence-electron chi connectivity index (χ0n) is 13.0. The zero-order chi connectivity index (χ0) is 16.1. The Kier molecular flexibility index (Phi) is 4.52. The van der Waals surface area contributed by atoms with Crippen LogP contribution in [-0.4, -0.2) is 22.8 Å². The molecule has 0 aliphatic carbocycles. The Morgan fingerprint density at radius 2 is 1.70 bits per heavy atom. The highest BCUT2D eigenvalue weighted by Crippen LogP contribution is 2.18. The highest BCUT2D eigenvalue weighted by molar-refractivity contribution is 5.78. The van der Waals surface area contributed by atoms with Gasteiger partial charge in [-0.15, -0.1) is 0 Å². The second-order valence-corrected chi connectivity index (χ2v) is 5.42. The van der Waals surface area contributed by atoms with E-state index in [1.807, 2.05) is 60.7 Å². The molecule has 0 bridgehead atoms. The fourth-order valence-corrected chi connectivity index (χ4v) is 2.34. The van der Waals surface area contributed by atoms with E-state index >= 15 is 0 Å². The third-order valence-electron chi connectivity index (χ3n) is 3.59. The Hall–Kier alpha value is -2.88. The van der Waals surface area contributed by atoms with E-state index < -0.39 is 0 Å². The van der Waals surface area contributed by atoms with Crippen molar-refractivity contribution in [3.8, 4) is 11.5 Å². The molecule has 1 heterocycles. The normalized spacial score (nSPS) is 10.5. The Morgan fingerprint density at radius 1 is 1.04 bits per heavy atom. The van der Waals surface area contributed by atoms with Crippen LogP contribution in [0.1, 0.15) is 11.3 Å². The van der Waals surface area contributed by atoms with Crippen molar-refractivity contribution in [2.45, 2.75) is 13.0 Å². The molecule has 1 amide bonds. The van der Waals surface area contributed by atoms with Crippen molar-refractivity contribution in [1.29, 1.82) is 0 Å². The Bertz CT molecular complexity index is 766. The van der Waals surface area contributed by atoms with Crippen molar-refractivity contribution >= 4 is 5.91 Å². The van der Waals surface area contributed by atoms with E-state index in [1.54, 1.807) is 18.2 Å². The number of carbonyl (C=O) groups excluding carboxylic acids is 1. The Morgan fingerprint density at radius 3 is 2.39 bits per heavy atom. The summed E-state index contributed by atoms with van der Waals surface area (Å²) in [7, 11) is 1.80. The number of oxazole rings is 1. The van der Waals surface area contributed by atoms with Gasteiger partial charge in [-0.05, 0) is 17.7 Å². The Balaban J connectivity index is 1.63. The topological polar surface area (TPSA) is 46.3 Å². The number of aromatic nitrogens is 1. The highest BCUT2D eigenvalue weighted by atomic mass is 16.3. The highest BCUT2D eigenvalue weighted by Gasteiger charge is 2.14. The van der Waals surface area contributed by atoms with Gasteiger partial charge >= 0.3 is 0 Å². The van der Waals surface area contributed by atoms with Gasteiger partial charge in [0.05, 0.1) is 12.1 Å². The molecule has 0 aliphatic heterocycles. The predicted molar refractivity (Wildman–Crippen MR) is 88.6 cm³/mol. The SMILES string of the molecule is CN(Cc1ccccc1)C(=O)Cc1coc(-c2ccccc2)n1. The number of hydrogen-bond donors (Lipinski definition) is 0. The van der Waals surface area contributed by atoms with Crippen LogP contribution in [0.2, 0.25) is 0 Å². The van der Waals surface area contributed by atoms with Gasteiger partial charge in [0.15, 0.2) is 0 Å². The van der Waals surface area contributed by atoms with Crippen molar-refractivity contribution in [3.05, 3.63) is 78.2 Å². The molecule has 0 N–H and O–H groups in total. The van der Waals surface area contributed by atoms with Crippen molar-refractivity contribution in [1.82, 2.24) is 9.88 Å². The van der Waals surface area contributed by atoms with Crippen LogP contribution in [0.15, 0.2) is 71.3 Å². The van der Waals surface area contributed by atoms with Gasteiger partial charge in [-0.25, -0.2) is 4.98 Å². The van der Waals surface area contributed by atoms with Crippen molar-refractivity contribution in [3.63, 3.8) is 0 Å². The molecular formula is C19H18N2O2. The first-order valence-electron chi connectivity index (χ1n) is 7.50. The minimum atomic E-state index is 0.0155. The van der Waals surface area contributed by atoms with Gasteiger partial charge in [-0.3, -0.25) is 4.79 Å². The summed E-state index contributed by atoms with van der Waals surface area (Å²) in [4.78, 5) is 18.4. The van der Waals surface area contributed by atoms with E-state index in [1.165, 1.54) is 0 Å². The molecule has 0 atom stereocenters. The second kappa shape index (κ2) is 6.92. The number of nitrogens with zero attached hydrogens (tertiary/aromatic N) is 2. The second-order valence-electron chi connectivity index (χ2n) is 5.42. The van der Waals surface area contributed by atoms with Crippen LogP contribution < -0.4 is 0 Å². The van der Waals surface area contributed by atoms with Crippen LogP contribution in [-0.2, 0) is 17.8 Å². The summed E-state index contributed by atoms with van der Waals surface area (Å²) in [5, 5.41) is 0. The molecule has 0 radical (unpaired) electrons. The molecule has 0 spiro atoms. The van der Waals surface area contributed by atoms with Gasteiger partial charge in [0.1, 0.15) is 6.26 Å². The summed E-state index contributed by atoms with van der Waals surface area (Å²) in [5.74, 6) is 0.556. The number of rotatable bonds is 5. The molecule has 2 aromatic carbocycles. The first kappa shape index (κ1) is 15.0. The molecular weight excluding hydrogens is 288 g/mol. The summed E-state index contributed by atoms with van der Waals surface area (Å²) >= 11 is 0. The van der Waals surface area contributed by atoms with Crippen LogP contribution in [0.4, 0.5) is 0 Å². The molecule has 1 aromatic heterocycles. The summed E-state index contributed by atoms with van der Waals surface area (Å²) in [6, 6.07) is 19.6. The van der Waals surface area contributed by atoms with Crippen LogP contribution in [0.25, 0.3) is 11.5 Å². The molecule has 0 saturated carbocycles. The third-order valence-corrected chi connectivity index (χ3v) is 3.59. The van der Waals surface area contributed by atoms with E-state index in [4.69, 9.17) is 4.42 Å². The number of benzene rings is 2. The van der Waals surface area contributed by atoms with Crippen molar-refractivity contribution in [2.24, 2.45) is 0 Å². The largest absolute Gasteiger partial charge is 0.444 e. The van der Waals surface area contributed by atoms with E-state index in [0.717, 1.165) is 11.1 Å². The molecule has 0 aliphatic rings. The van der Waals surface area contributed by atoms with Crippen molar-refractivity contribution < 1.29 is 9.21 Å². The minimum Gasteiger partial charge on any atom is -0.444 e. The molecule has 4 heteroatoms. The van der Waals surface area contributed by atoms with Crippen molar-refractivity contribution in [2.75, 3.05) is 7.05 Å². The standard InChI is InChI=1S/C19H18N2O2/c1-21(13-15-8-4-2-5-9-15)18(22)12-17-14-23-19(20-17)16-10-6-3-7-11-16/h2-11,14H,12-13H2,1H3. The average molecular weight is 306 g/mol. The van der Waals surface area contributed by atoms with Gasteiger partial charge in [0.25, 0.3) is 0 Å². The van der Waals surface area contributed by atoms with Gasteiger partial charge in [-0.2, -0.15) is 0 Å². The number of carbonyl (C=O) groups is 1. The molecule has 116 valence electrons. The average Bonchev–Trinajstić information content (AvgIpc) is 3.05. The quantitative estimate of drug-likeness (QED) is 0.724. The van der Waals surface area contributed by atoms with Crippen LogP contribution in [0.3, 0.4) is 0 Å². The Labute approximate surface area is 135 Å². The molecule has 0 saturated heterocycles. The first-order valence-corrected chi connectivity index (χ1v) is 7.50. The molecule has 4 nitrogen and oxygen atoms in total. The summed E-state index contributed by atoms with van der Waals surface area (Å²) in [6.45, 7) is 0.586. The molecule has 0 fully saturated rings. The first-order chi connectivity index (χ1) is 11.2. The molecule has 3 rings (SSSR count). The van der Waals surface area contributed by atoms with E-state index in [0.29, 0.717) is 18.1 Å². The fourth-order valence-electron chi connectivity index (χ4n) is 2.34. The van der Waals surface area contributed by atoms with Crippen LogP contribution >= 0.6 is 0 Å². The van der Waals surface area contributed by atoms with Crippen LogP contribution in [0, 0.1) is 0 Å². The van der Waals surface area contributed by atoms with Gasteiger partial charge in [0, 0.05) is 19.2 Å². The lowest BCUT2D eigenvalue weighted by molar-refractivity contribution is -0.129.